The van der Waals surface area contributed by atoms with Gasteiger partial charge in [-0.1, -0.05) is 18.2 Å². The van der Waals surface area contributed by atoms with Crippen LogP contribution in [0.1, 0.15) is 51.3 Å². The fraction of sp³-hybridized carbons (Fsp3) is 0.429. The number of hydrogen-bond donors (Lipinski definition) is 3. The number of amides is 4. The number of ether oxygens (including phenoxy) is 1. The summed E-state index contributed by atoms with van der Waals surface area (Å²) >= 11 is 1.23. The van der Waals surface area contributed by atoms with Crippen molar-refractivity contribution in [1.82, 2.24) is 15.1 Å². The number of benzene rings is 1. The highest BCUT2D eigenvalue weighted by molar-refractivity contribution is 7.12. The number of hydrogen-bond acceptors (Lipinski definition) is 7. The molecule has 0 fully saturated rings. The van der Waals surface area contributed by atoms with Crippen LogP contribution >= 0.6 is 11.3 Å². The predicted octanol–water partition coefficient (Wildman–Crippen LogP) is 4.25. The molecular weight excluding hydrogens is 559 g/mol. The third-order valence-corrected chi connectivity index (χ3v) is 9.01. The van der Waals surface area contributed by atoms with Crippen molar-refractivity contribution in [2.24, 2.45) is 5.73 Å². The van der Waals surface area contributed by atoms with E-state index in [-0.39, 0.29) is 0 Å². The van der Waals surface area contributed by atoms with Gasteiger partial charge in [-0.05, 0) is 50.3 Å². The van der Waals surface area contributed by atoms with Crippen molar-refractivity contribution < 1.29 is 32.3 Å². The molecule has 41 heavy (non-hydrogen) atoms. The van der Waals surface area contributed by atoms with E-state index in [0.29, 0.717) is 50.0 Å². The van der Waals surface area contributed by atoms with E-state index in [0.717, 1.165) is 22.9 Å². The molecule has 4 amide bonds. The molecule has 220 valence electrons. The maximum Gasteiger partial charge on any atom is 0.414 e. The first-order chi connectivity index (χ1) is 19.2. The van der Waals surface area contributed by atoms with Crippen LogP contribution in [0.2, 0.25) is 0 Å². The summed E-state index contributed by atoms with van der Waals surface area (Å²) in [5.74, 6) is -2.30. The van der Waals surface area contributed by atoms with Crippen LogP contribution in [-0.2, 0) is 22.6 Å². The molecule has 9 nitrogen and oxygen atoms in total. The molecule has 1 aromatic carbocycles. The summed E-state index contributed by atoms with van der Waals surface area (Å²) in [7, 11) is 1.71. The van der Waals surface area contributed by atoms with Crippen LogP contribution in [0.5, 0.6) is 5.75 Å². The van der Waals surface area contributed by atoms with Crippen molar-refractivity contribution in [2.75, 3.05) is 20.2 Å². The third-order valence-electron chi connectivity index (χ3n) is 7.84. The van der Waals surface area contributed by atoms with E-state index in [2.05, 4.69) is 5.32 Å². The van der Waals surface area contributed by atoms with E-state index < -0.39 is 55.2 Å². The van der Waals surface area contributed by atoms with Gasteiger partial charge in [-0.25, -0.2) is 4.79 Å². The molecule has 1 aliphatic carbocycles. The summed E-state index contributed by atoms with van der Waals surface area (Å²) in [6.07, 6.45) is -1.17. The van der Waals surface area contributed by atoms with Crippen molar-refractivity contribution in [3.05, 3.63) is 56.4 Å². The number of primary amides is 1. The standard InChI is InChI=1S/C28H32F3N5O4S/c1-15-16(2)41-22-12-36(27(3,28(29,30)31)14-40-24(15)22)23(37)13-35(26(33)39)25(38)21-8-6-18-9-17(5-7-20(18)21)19(10-32)11-34-4/h5,7,9-11,21,32,34H,6,8,12-14H2,1-4H3,(H2,33,39)/b19-11+,32-10?/t21-,27+/m0/s1. The van der Waals surface area contributed by atoms with Crippen LogP contribution in [0.15, 0.2) is 24.4 Å². The summed E-state index contributed by atoms with van der Waals surface area (Å²) in [6, 6.07) is 4.10. The van der Waals surface area contributed by atoms with E-state index >= 15 is 0 Å². The second-order valence-electron chi connectivity index (χ2n) is 10.4. The molecule has 13 heteroatoms. The molecule has 0 bridgehead atoms. The Morgan fingerprint density at radius 2 is 2.02 bits per heavy atom. The monoisotopic (exact) mass is 591 g/mol. The number of carbonyl (C=O) groups is 3. The van der Waals surface area contributed by atoms with Gasteiger partial charge >= 0.3 is 12.2 Å². The van der Waals surface area contributed by atoms with E-state index in [4.69, 9.17) is 15.9 Å². The summed E-state index contributed by atoms with van der Waals surface area (Å²) in [4.78, 5) is 42.0. The van der Waals surface area contributed by atoms with Gasteiger partial charge in [-0.15, -0.1) is 11.3 Å². The maximum absolute atomic E-state index is 14.4. The SMILES string of the molecule is CN/C=C(\C=N)c1ccc2c(c1)CC[C@@H]2C(=O)N(CC(=O)N1Cc2sc(C)c(C)c2OC[C@]1(C)C(F)(F)F)C(N)=O. The fourth-order valence-electron chi connectivity index (χ4n) is 5.27. The Kier molecular flexibility index (Phi) is 8.21. The lowest BCUT2D eigenvalue weighted by Gasteiger charge is -2.41. The number of nitrogens with two attached hydrogens (primary N) is 1. The number of alkyl halides is 3. The average Bonchev–Trinajstić information content (AvgIpc) is 3.40. The predicted molar refractivity (Wildman–Crippen MR) is 149 cm³/mol. The van der Waals surface area contributed by atoms with Crippen LogP contribution in [0.4, 0.5) is 18.0 Å². The van der Waals surface area contributed by atoms with Crippen molar-refractivity contribution in [1.29, 1.82) is 5.41 Å². The minimum atomic E-state index is -4.86. The minimum absolute atomic E-state index is 0.318. The highest BCUT2D eigenvalue weighted by Crippen LogP contribution is 2.44. The van der Waals surface area contributed by atoms with Crippen LogP contribution in [-0.4, -0.2) is 65.8 Å². The molecule has 0 radical (unpaired) electrons. The zero-order valence-corrected chi connectivity index (χ0v) is 24.0. The molecule has 1 aromatic heterocycles. The van der Waals surface area contributed by atoms with E-state index in [1.165, 1.54) is 17.6 Å². The summed E-state index contributed by atoms with van der Waals surface area (Å²) in [5, 5.41) is 10.5. The van der Waals surface area contributed by atoms with Gasteiger partial charge in [0.05, 0.1) is 17.3 Å². The zero-order chi connectivity index (χ0) is 30.3. The second kappa shape index (κ2) is 11.2. The Balaban J connectivity index is 1.62. The molecule has 1 aliphatic heterocycles. The number of aryl methyl sites for hydroxylation is 2. The minimum Gasteiger partial charge on any atom is -0.489 e. The number of allylic oxidation sites excluding steroid dienone is 1. The van der Waals surface area contributed by atoms with Crippen LogP contribution < -0.4 is 15.8 Å². The lowest BCUT2D eigenvalue weighted by molar-refractivity contribution is -0.234. The van der Waals surface area contributed by atoms with Crippen molar-refractivity contribution in [2.45, 2.75) is 57.8 Å². The van der Waals surface area contributed by atoms with Gasteiger partial charge in [0.1, 0.15) is 18.9 Å². The van der Waals surface area contributed by atoms with Gasteiger partial charge in [0.2, 0.25) is 11.8 Å². The number of nitrogens with one attached hydrogen (secondary N) is 2. The van der Waals surface area contributed by atoms with Crippen LogP contribution in [0.25, 0.3) is 5.57 Å². The van der Waals surface area contributed by atoms with Gasteiger partial charge in [0.25, 0.3) is 0 Å². The van der Waals surface area contributed by atoms with Gasteiger partial charge in [-0.2, -0.15) is 13.2 Å². The fourth-order valence-corrected chi connectivity index (χ4v) is 6.38. The molecule has 2 aliphatic rings. The van der Waals surface area contributed by atoms with Crippen LogP contribution in [0, 0.1) is 19.3 Å². The van der Waals surface area contributed by atoms with E-state index in [9.17, 15) is 27.6 Å². The third kappa shape index (κ3) is 5.42. The molecular formula is C28H32F3N5O4S. The number of halogens is 3. The molecule has 2 atom stereocenters. The van der Waals surface area contributed by atoms with Crippen molar-refractivity contribution in [3.8, 4) is 5.75 Å². The number of fused-ring (bicyclic) bond motifs is 2. The number of rotatable bonds is 6. The Morgan fingerprint density at radius 3 is 2.63 bits per heavy atom. The smallest absolute Gasteiger partial charge is 0.414 e. The van der Waals surface area contributed by atoms with Crippen molar-refractivity contribution >= 4 is 41.0 Å². The number of carbonyl (C=O) groups excluding carboxylic acids is 3. The van der Waals surface area contributed by atoms with Crippen molar-refractivity contribution in [3.63, 3.8) is 0 Å². The summed E-state index contributed by atoms with van der Waals surface area (Å²) in [5.41, 5.74) is 6.38. The maximum atomic E-state index is 14.4. The zero-order valence-electron chi connectivity index (χ0n) is 23.1. The van der Waals surface area contributed by atoms with Gasteiger partial charge in [0, 0.05) is 35.5 Å². The number of thiophene rings is 1. The Labute approximate surface area is 239 Å². The Morgan fingerprint density at radius 1 is 1.32 bits per heavy atom. The molecule has 0 saturated carbocycles. The Bertz CT molecular complexity index is 1440. The van der Waals surface area contributed by atoms with Crippen LogP contribution in [0.3, 0.4) is 0 Å². The first-order valence-electron chi connectivity index (χ1n) is 12.9. The lowest BCUT2D eigenvalue weighted by atomic mass is 9.96. The topological polar surface area (TPSA) is 129 Å². The first kappa shape index (κ1) is 30.1. The first-order valence-corrected chi connectivity index (χ1v) is 13.8. The highest BCUT2D eigenvalue weighted by atomic mass is 32.1. The molecule has 2 heterocycles. The van der Waals surface area contributed by atoms with E-state index in [1.807, 2.05) is 13.0 Å². The van der Waals surface area contributed by atoms with Gasteiger partial charge < -0.3 is 26.1 Å². The number of nitrogens with zero attached hydrogens (tertiary/aromatic N) is 2. The molecule has 0 spiro atoms. The second-order valence-corrected chi connectivity index (χ2v) is 11.7. The average molecular weight is 592 g/mol. The number of urea groups is 1. The number of imide groups is 1. The largest absolute Gasteiger partial charge is 0.489 e. The quantitative estimate of drug-likeness (QED) is 0.433. The van der Waals surface area contributed by atoms with Gasteiger partial charge in [0.15, 0.2) is 5.54 Å². The summed E-state index contributed by atoms with van der Waals surface area (Å²) in [6.45, 7) is 2.25. The molecule has 2 aromatic rings. The molecule has 4 rings (SSSR count). The molecule has 0 saturated heterocycles. The molecule has 4 N–H and O–H groups in total. The highest BCUT2D eigenvalue weighted by Gasteiger charge is 2.59. The van der Waals surface area contributed by atoms with Gasteiger partial charge in [-0.3, -0.25) is 14.5 Å². The summed E-state index contributed by atoms with van der Waals surface area (Å²) < 4.78 is 48.8. The normalized spacial score (nSPS) is 20.4. The lowest BCUT2D eigenvalue weighted by Crippen LogP contribution is -2.63. The molecule has 0 unspecified atom stereocenters. The van der Waals surface area contributed by atoms with E-state index in [1.54, 1.807) is 32.3 Å². The Hall–Kier alpha value is -3.87.